The highest BCUT2D eigenvalue weighted by molar-refractivity contribution is 6.31. The SMILES string of the molecule is NC1(c2nc[nH]c(=O)c2Cl)CCC1. The van der Waals surface area contributed by atoms with Gasteiger partial charge in [-0.15, -0.1) is 0 Å². The molecular formula is C8H10ClN3O. The van der Waals surface area contributed by atoms with Gasteiger partial charge < -0.3 is 10.7 Å². The predicted octanol–water partition coefficient (Wildman–Crippen LogP) is 0.761. The summed E-state index contributed by atoms with van der Waals surface area (Å²) < 4.78 is 0. The van der Waals surface area contributed by atoms with Crippen molar-refractivity contribution < 1.29 is 0 Å². The van der Waals surface area contributed by atoms with Gasteiger partial charge in [-0.3, -0.25) is 4.79 Å². The van der Waals surface area contributed by atoms with Crippen LogP contribution in [0, 0.1) is 0 Å². The van der Waals surface area contributed by atoms with E-state index in [1.54, 1.807) is 0 Å². The lowest BCUT2D eigenvalue weighted by Gasteiger charge is -2.37. The number of aromatic nitrogens is 2. The smallest absolute Gasteiger partial charge is 0.269 e. The van der Waals surface area contributed by atoms with Crippen LogP contribution in [0.3, 0.4) is 0 Å². The van der Waals surface area contributed by atoms with Gasteiger partial charge in [0.2, 0.25) is 0 Å². The third kappa shape index (κ3) is 1.26. The molecule has 1 aliphatic rings. The molecule has 0 radical (unpaired) electrons. The highest BCUT2D eigenvalue weighted by atomic mass is 35.5. The van der Waals surface area contributed by atoms with Gasteiger partial charge in [-0.2, -0.15) is 0 Å². The highest BCUT2D eigenvalue weighted by Gasteiger charge is 2.38. The van der Waals surface area contributed by atoms with Gasteiger partial charge in [0.15, 0.2) is 0 Å². The largest absolute Gasteiger partial charge is 0.320 e. The van der Waals surface area contributed by atoms with Gasteiger partial charge in [-0.1, -0.05) is 11.6 Å². The van der Waals surface area contributed by atoms with E-state index in [9.17, 15) is 4.79 Å². The molecule has 0 spiro atoms. The van der Waals surface area contributed by atoms with Crippen LogP contribution in [0.2, 0.25) is 5.02 Å². The molecule has 1 saturated carbocycles. The number of aromatic amines is 1. The molecule has 3 N–H and O–H groups in total. The van der Waals surface area contributed by atoms with Gasteiger partial charge in [0.1, 0.15) is 5.02 Å². The van der Waals surface area contributed by atoms with Crippen molar-refractivity contribution in [2.75, 3.05) is 0 Å². The molecule has 13 heavy (non-hydrogen) atoms. The second kappa shape index (κ2) is 2.82. The molecule has 1 aromatic rings. The summed E-state index contributed by atoms with van der Waals surface area (Å²) in [6.45, 7) is 0. The Balaban J connectivity index is 2.51. The van der Waals surface area contributed by atoms with Gasteiger partial charge in [-0.25, -0.2) is 4.98 Å². The Morgan fingerprint density at radius 1 is 1.62 bits per heavy atom. The maximum Gasteiger partial charge on any atom is 0.269 e. The highest BCUT2D eigenvalue weighted by Crippen LogP contribution is 2.39. The van der Waals surface area contributed by atoms with Crippen LogP contribution in [-0.2, 0) is 5.54 Å². The average Bonchev–Trinajstić information content (AvgIpc) is 2.06. The molecule has 0 amide bonds. The summed E-state index contributed by atoms with van der Waals surface area (Å²) >= 11 is 5.80. The quantitative estimate of drug-likeness (QED) is 0.702. The summed E-state index contributed by atoms with van der Waals surface area (Å²) in [4.78, 5) is 17.6. The number of rotatable bonds is 1. The van der Waals surface area contributed by atoms with Crippen LogP contribution in [0.25, 0.3) is 0 Å². The molecule has 2 rings (SSSR count). The summed E-state index contributed by atoms with van der Waals surface area (Å²) in [5.41, 5.74) is 5.74. The van der Waals surface area contributed by atoms with E-state index in [1.165, 1.54) is 6.33 Å². The molecule has 0 saturated heterocycles. The lowest BCUT2D eigenvalue weighted by Crippen LogP contribution is -2.45. The second-order valence-corrected chi connectivity index (χ2v) is 3.78. The fourth-order valence-electron chi connectivity index (χ4n) is 1.52. The average molecular weight is 200 g/mol. The number of hydrogen-bond acceptors (Lipinski definition) is 3. The van der Waals surface area contributed by atoms with E-state index in [-0.39, 0.29) is 10.6 Å². The van der Waals surface area contributed by atoms with E-state index in [4.69, 9.17) is 17.3 Å². The molecule has 0 aliphatic heterocycles. The Bertz CT molecular complexity index is 383. The third-order valence-corrected chi connectivity index (χ3v) is 2.86. The molecule has 0 bridgehead atoms. The fraction of sp³-hybridized carbons (Fsp3) is 0.500. The number of halogens is 1. The van der Waals surface area contributed by atoms with Crippen molar-refractivity contribution >= 4 is 11.6 Å². The summed E-state index contributed by atoms with van der Waals surface area (Å²) in [6.07, 6.45) is 4.12. The van der Waals surface area contributed by atoms with Crippen molar-refractivity contribution in [3.8, 4) is 0 Å². The van der Waals surface area contributed by atoms with Crippen LogP contribution in [-0.4, -0.2) is 9.97 Å². The predicted molar refractivity (Wildman–Crippen MR) is 49.6 cm³/mol. The molecule has 0 unspecified atom stereocenters. The van der Waals surface area contributed by atoms with Crippen molar-refractivity contribution in [3.63, 3.8) is 0 Å². The zero-order chi connectivity index (χ0) is 9.47. The number of hydrogen-bond donors (Lipinski definition) is 2. The van der Waals surface area contributed by atoms with Crippen molar-refractivity contribution in [1.29, 1.82) is 0 Å². The minimum atomic E-state index is -0.467. The second-order valence-electron chi connectivity index (χ2n) is 3.40. The van der Waals surface area contributed by atoms with E-state index < -0.39 is 5.54 Å². The zero-order valence-electron chi connectivity index (χ0n) is 7.01. The van der Waals surface area contributed by atoms with E-state index in [1.807, 2.05) is 0 Å². The summed E-state index contributed by atoms with van der Waals surface area (Å²) in [7, 11) is 0. The van der Waals surface area contributed by atoms with Crippen molar-refractivity contribution in [2.45, 2.75) is 24.8 Å². The first-order valence-corrected chi connectivity index (χ1v) is 4.54. The van der Waals surface area contributed by atoms with Crippen LogP contribution in [0.1, 0.15) is 25.0 Å². The molecule has 4 nitrogen and oxygen atoms in total. The summed E-state index contributed by atoms with van der Waals surface area (Å²) in [5, 5.41) is 0.129. The Morgan fingerprint density at radius 2 is 2.31 bits per heavy atom. The minimum Gasteiger partial charge on any atom is -0.320 e. The van der Waals surface area contributed by atoms with Gasteiger partial charge in [-0.05, 0) is 19.3 Å². The topological polar surface area (TPSA) is 71.8 Å². The number of nitrogens with zero attached hydrogens (tertiary/aromatic N) is 1. The molecule has 5 heteroatoms. The molecule has 1 heterocycles. The monoisotopic (exact) mass is 199 g/mol. The van der Waals surface area contributed by atoms with Gasteiger partial charge in [0, 0.05) is 0 Å². The van der Waals surface area contributed by atoms with Crippen LogP contribution < -0.4 is 11.3 Å². The normalized spacial score (nSPS) is 19.5. The first-order chi connectivity index (χ1) is 6.13. The standard InChI is InChI=1S/C8H10ClN3O/c9-5-6(8(10)2-1-3-8)11-4-12-7(5)13/h4H,1-3,10H2,(H,11,12,13). The maximum absolute atomic E-state index is 11.1. The summed E-state index contributed by atoms with van der Waals surface area (Å²) in [5.74, 6) is 0. The lowest BCUT2D eigenvalue weighted by atomic mass is 9.75. The first-order valence-electron chi connectivity index (χ1n) is 4.16. The van der Waals surface area contributed by atoms with Crippen LogP contribution in [0.5, 0.6) is 0 Å². The van der Waals surface area contributed by atoms with Crippen molar-refractivity contribution in [3.05, 3.63) is 27.4 Å². The number of H-pyrrole nitrogens is 1. The zero-order valence-corrected chi connectivity index (χ0v) is 7.77. The van der Waals surface area contributed by atoms with Crippen molar-refractivity contribution in [1.82, 2.24) is 9.97 Å². The Kier molecular flexibility index (Phi) is 1.89. The molecule has 0 aromatic carbocycles. The van der Waals surface area contributed by atoms with Crippen LogP contribution in [0.4, 0.5) is 0 Å². The van der Waals surface area contributed by atoms with E-state index in [0.29, 0.717) is 5.69 Å². The molecule has 1 fully saturated rings. The number of nitrogens with two attached hydrogens (primary N) is 1. The maximum atomic E-state index is 11.1. The van der Waals surface area contributed by atoms with E-state index in [2.05, 4.69) is 9.97 Å². The summed E-state index contributed by atoms with van der Waals surface area (Å²) in [6, 6.07) is 0. The fourth-order valence-corrected chi connectivity index (χ4v) is 1.82. The molecule has 1 aliphatic carbocycles. The molecule has 70 valence electrons. The first kappa shape index (κ1) is 8.72. The van der Waals surface area contributed by atoms with Gasteiger partial charge in [0.25, 0.3) is 5.56 Å². The molecular weight excluding hydrogens is 190 g/mol. The van der Waals surface area contributed by atoms with E-state index >= 15 is 0 Å². The Morgan fingerprint density at radius 3 is 2.85 bits per heavy atom. The van der Waals surface area contributed by atoms with Crippen molar-refractivity contribution in [2.24, 2.45) is 5.73 Å². The van der Waals surface area contributed by atoms with Gasteiger partial charge >= 0.3 is 0 Å². The van der Waals surface area contributed by atoms with E-state index in [0.717, 1.165) is 19.3 Å². The number of nitrogens with one attached hydrogen (secondary N) is 1. The molecule has 1 aromatic heterocycles. The van der Waals surface area contributed by atoms with Gasteiger partial charge in [0.05, 0.1) is 17.6 Å². The minimum absolute atomic E-state index is 0.129. The van der Waals surface area contributed by atoms with Crippen LogP contribution in [0.15, 0.2) is 11.1 Å². The Hall–Kier alpha value is -0.870. The van der Waals surface area contributed by atoms with Crippen LogP contribution >= 0.6 is 11.6 Å². The third-order valence-electron chi connectivity index (χ3n) is 2.51. The Labute approximate surface area is 80.1 Å². The lowest BCUT2D eigenvalue weighted by molar-refractivity contribution is 0.246. The molecule has 0 atom stereocenters.